The highest BCUT2D eigenvalue weighted by Gasteiger charge is 2.45. The lowest BCUT2D eigenvalue weighted by atomic mass is 9.74. The number of fused-ring (bicyclic) bond motifs is 6. The van der Waals surface area contributed by atoms with E-state index in [1.807, 2.05) is 0 Å². The quantitative estimate of drug-likeness (QED) is 0.575. The number of rotatable bonds is 2. The molecule has 0 unspecified atom stereocenters. The van der Waals surface area contributed by atoms with E-state index in [0.29, 0.717) is 0 Å². The average Bonchev–Trinajstić information content (AvgIpc) is 3.23. The monoisotopic (exact) mass is 366 g/mol. The normalized spacial score (nSPS) is 18.2. The van der Waals surface area contributed by atoms with Crippen LogP contribution in [0.1, 0.15) is 0 Å². The lowest BCUT2D eigenvalue weighted by Crippen LogP contribution is -2.48. The van der Waals surface area contributed by atoms with Crippen molar-refractivity contribution in [2.24, 2.45) is 0 Å². The molecule has 27 heavy (non-hydrogen) atoms. The van der Waals surface area contributed by atoms with Crippen LogP contribution in [0.2, 0.25) is 0 Å². The maximum Gasteiger partial charge on any atom is 0.419 e. The van der Waals surface area contributed by atoms with Crippen LogP contribution >= 0.6 is 12.1 Å². The van der Waals surface area contributed by atoms with Gasteiger partial charge in [-0.15, -0.1) is 0 Å². The van der Waals surface area contributed by atoms with E-state index in [-0.39, 0.29) is 14.0 Å². The van der Waals surface area contributed by atoms with Crippen LogP contribution in [0.15, 0.2) is 97.2 Å². The third-order valence-corrected chi connectivity index (χ3v) is 6.48. The third kappa shape index (κ3) is 2.15. The largest absolute Gasteiger partial charge is 0.419 e. The van der Waals surface area contributed by atoms with Gasteiger partial charge in [0.15, 0.2) is 0 Å². The first kappa shape index (κ1) is 15.2. The lowest BCUT2D eigenvalue weighted by Gasteiger charge is -2.32. The Kier molecular flexibility index (Phi) is 3.25. The molecule has 6 rings (SSSR count). The molecule has 0 saturated heterocycles. The molecule has 0 spiro atoms. The Hall–Kier alpha value is -2.92. The Balaban J connectivity index is 1.42. The summed E-state index contributed by atoms with van der Waals surface area (Å²) < 4.78 is 4.81. The van der Waals surface area contributed by atoms with Gasteiger partial charge in [0.2, 0.25) is 0 Å². The topological polar surface area (TPSA) is 13.0 Å². The summed E-state index contributed by atoms with van der Waals surface area (Å²) in [6.45, 7) is 0.364. The van der Waals surface area contributed by atoms with Crippen molar-refractivity contribution in [3.63, 3.8) is 0 Å². The Morgan fingerprint density at radius 2 is 1.00 bits per heavy atom. The van der Waals surface area contributed by atoms with Crippen molar-refractivity contribution in [1.82, 2.24) is 0 Å². The molecule has 128 valence electrons. The highest BCUT2D eigenvalue weighted by molar-refractivity contribution is 8.05. The van der Waals surface area contributed by atoms with Gasteiger partial charge < -0.3 is 18.1 Å². The predicted octanol–water partition coefficient (Wildman–Crippen LogP) is 4.42. The molecule has 0 N–H and O–H groups in total. The van der Waals surface area contributed by atoms with E-state index in [9.17, 15) is 0 Å². The highest BCUT2D eigenvalue weighted by atomic mass is 32.2. The van der Waals surface area contributed by atoms with Gasteiger partial charge in [0.1, 0.15) is 0 Å². The van der Waals surface area contributed by atoms with Crippen LogP contribution in [0, 0.1) is 0 Å². The van der Waals surface area contributed by atoms with Gasteiger partial charge in [0.05, 0.1) is 22.7 Å². The van der Waals surface area contributed by atoms with Crippen LogP contribution in [-0.4, -0.2) is 14.0 Å². The number of hydrogen-bond acceptors (Lipinski definition) is 5. The zero-order valence-corrected chi connectivity index (χ0v) is 15.4. The molecular weight excluding hydrogens is 350 g/mol. The van der Waals surface area contributed by atoms with Gasteiger partial charge in [0, 0.05) is 12.1 Å². The molecule has 0 radical (unpaired) electrons. The van der Waals surface area contributed by atoms with Crippen LogP contribution in [0.3, 0.4) is 0 Å². The molecule has 2 aromatic carbocycles. The highest BCUT2D eigenvalue weighted by Crippen LogP contribution is 2.49. The van der Waals surface area contributed by atoms with E-state index in [4.69, 9.17) is 0 Å². The van der Waals surface area contributed by atoms with Crippen molar-refractivity contribution in [3.05, 3.63) is 97.2 Å². The maximum absolute atomic E-state index is 2.40. The van der Waals surface area contributed by atoms with Crippen LogP contribution in [-0.2, 0) is 0 Å². The number of hydrogen-bond donors (Lipinski definition) is 0. The summed E-state index contributed by atoms with van der Waals surface area (Å²) in [6.07, 6.45) is 12.8. The number of para-hydroxylation sites is 4. The van der Waals surface area contributed by atoms with Crippen LogP contribution < -0.4 is 18.1 Å². The van der Waals surface area contributed by atoms with Gasteiger partial charge in [-0.05, 0) is 48.8 Å². The first-order chi connectivity index (χ1) is 13.4. The van der Waals surface area contributed by atoms with E-state index in [2.05, 4.69) is 115 Å². The molecule has 7 heteroatoms. The van der Waals surface area contributed by atoms with Gasteiger partial charge in [-0.3, -0.25) is 0 Å². The smallest absolute Gasteiger partial charge is 0.366 e. The standard InChI is InChI=1S/C20H16B2N4S/c1-3-11-19-17(9-1)23-15-7-5-13-21(23)25(19)27-26-20-12-4-2-10-18(20)24-16-8-6-14-22(24)26/h1-16H. The van der Waals surface area contributed by atoms with E-state index in [0.717, 1.165) is 0 Å². The first-order valence-electron chi connectivity index (χ1n) is 9.13. The molecule has 0 aliphatic carbocycles. The summed E-state index contributed by atoms with van der Waals surface area (Å²) in [4.78, 5) is 4.66. The zero-order valence-electron chi connectivity index (χ0n) is 14.6. The van der Waals surface area contributed by atoms with E-state index in [1.54, 1.807) is 12.1 Å². The summed E-state index contributed by atoms with van der Waals surface area (Å²) in [5.74, 6) is 4.51. The molecule has 4 aliphatic rings. The number of allylic oxidation sites excluding steroid dienone is 4. The van der Waals surface area contributed by atoms with Gasteiger partial charge in [-0.1, -0.05) is 48.4 Å². The molecule has 0 aromatic heterocycles. The molecule has 0 fully saturated rings. The lowest BCUT2D eigenvalue weighted by molar-refractivity contribution is 1.42. The summed E-state index contributed by atoms with van der Waals surface area (Å²) in [6, 6.07) is 17.3. The van der Waals surface area contributed by atoms with Crippen molar-refractivity contribution in [3.8, 4) is 0 Å². The van der Waals surface area contributed by atoms with Crippen LogP contribution in [0.25, 0.3) is 0 Å². The molecule has 4 aliphatic heterocycles. The second-order valence-electron chi connectivity index (χ2n) is 6.81. The summed E-state index contributed by atoms with van der Waals surface area (Å²) >= 11 is 1.78. The van der Waals surface area contributed by atoms with E-state index in [1.165, 1.54) is 22.7 Å². The molecule has 4 heterocycles. The Morgan fingerprint density at radius 3 is 1.48 bits per heavy atom. The maximum atomic E-state index is 2.40. The van der Waals surface area contributed by atoms with Crippen molar-refractivity contribution in [1.29, 1.82) is 0 Å². The fourth-order valence-corrected chi connectivity index (χ4v) is 5.31. The number of nitrogens with zero attached hydrogens (tertiary/aromatic N) is 4. The SMILES string of the molecule is C1=CB2N(C=C1)c1ccccc1N2SN1B2C=CC=CN2c2ccccc21. The Labute approximate surface area is 164 Å². The van der Waals surface area contributed by atoms with Gasteiger partial charge in [-0.25, -0.2) is 0 Å². The van der Waals surface area contributed by atoms with Crippen molar-refractivity contribution in [2.75, 3.05) is 18.1 Å². The fraction of sp³-hybridized carbons (Fsp3) is 0. The van der Waals surface area contributed by atoms with Gasteiger partial charge >= 0.3 is 14.0 Å². The minimum atomic E-state index is 0.182. The van der Waals surface area contributed by atoms with Crippen LogP contribution in [0.4, 0.5) is 22.7 Å². The van der Waals surface area contributed by atoms with Crippen molar-refractivity contribution in [2.45, 2.75) is 0 Å². The molecular formula is C20H16B2N4S. The number of benzene rings is 2. The minimum Gasteiger partial charge on any atom is -0.366 e. The Morgan fingerprint density at radius 1 is 0.556 bits per heavy atom. The van der Waals surface area contributed by atoms with Crippen LogP contribution in [0.5, 0.6) is 0 Å². The molecule has 0 saturated carbocycles. The molecule has 0 amide bonds. The van der Waals surface area contributed by atoms with Gasteiger partial charge in [-0.2, -0.15) is 0 Å². The predicted molar refractivity (Wildman–Crippen MR) is 118 cm³/mol. The van der Waals surface area contributed by atoms with Crippen molar-refractivity contribution < 1.29 is 0 Å². The molecule has 2 aromatic rings. The van der Waals surface area contributed by atoms with Crippen molar-refractivity contribution >= 4 is 48.8 Å². The zero-order chi connectivity index (χ0) is 17.8. The number of anilines is 4. The third-order valence-electron chi connectivity index (χ3n) is 5.30. The fourth-order valence-electron chi connectivity index (χ4n) is 4.10. The first-order valence-corrected chi connectivity index (χ1v) is 9.86. The van der Waals surface area contributed by atoms with E-state index >= 15 is 0 Å². The summed E-state index contributed by atoms with van der Waals surface area (Å²) in [5.41, 5.74) is 4.99. The Bertz CT molecular complexity index is 953. The minimum absolute atomic E-state index is 0.182. The summed E-state index contributed by atoms with van der Waals surface area (Å²) in [5, 5.41) is 0. The molecule has 0 bridgehead atoms. The second-order valence-corrected chi connectivity index (χ2v) is 7.76. The van der Waals surface area contributed by atoms with E-state index < -0.39 is 0 Å². The molecule has 0 atom stereocenters. The average molecular weight is 366 g/mol. The molecule has 4 nitrogen and oxygen atoms in total. The summed E-state index contributed by atoms with van der Waals surface area (Å²) in [7, 11) is 0. The second kappa shape index (κ2) is 5.79. The van der Waals surface area contributed by atoms with Gasteiger partial charge in [0.25, 0.3) is 0 Å².